The van der Waals surface area contributed by atoms with Crippen LogP contribution >= 0.6 is 0 Å². The third kappa shape index (κ3) is 5.80. The second kappa shape index (κ2) is 8.23. The Morgan fingerprint density at radius 2 is 1.89 bits per heavy atom. The van der Waals surface area contributed by atoms with E-state index in [1.54, 1.807) is 0 Å². The molecule has 0 amide bonds. The zero-order valence-electron chi connectivity index (χ0n) is 13.7. The van der Waals surface area contributed by atoms with E-state index in [1.165, 1.54) is 38.9 Å². The van der Waals surface area contributed by atoms with E-state index in [1.807, 2.05) is 0 Å². The lowest BCUT2D eigenvalue weighted by molar-refractivity contribution is 0.00401. The van der Waals surface area contributed by atoms with Crippen LogP contribution < -0.4 is 5.32 Å². The third-order valence-corrected chi connectivity index (χ3v) is 4.44. The molecule has 1 unspecified atom stereocenters. The number of rotatable bonds is 8. The minimum atomic E-state index is 0.327. The predicted octanol–water partition coefficient (Wildman–Crippen LogP) is 2.90. The van der Waals surface area contributed by atoms with Crippen molar-refractivity contribution in [1.29, 1.82) is 0 Å². The van der Waals surface area contributed by atoms with Crippen molar-refractivity contribution in [3.8, 4) is 0 Å². The van der Waals surface area contributed by atoms with Crippen LogP contribution in [-0.2, 0) is 4.74 Å². The maximum atomic E-state index is 5.72. The van der Waals surface area contributed by atoms with E-state index in [4.69, 9.17) is 4.74 Å². The number of nitrogens with zero attached hydrogens (tertiary/aromatic N) is 1. The molecule has 19 heavy (non-hydrogen) atoms. The molecule has 0 aromatic heterocycles. The standard InChI is InChI=1S/C16H34N2O/c1-6-10-17-14(3)16(4,5)13-18-11-8-15(9-12-18)19-7-2/h14-15,17H,6-13H2,1-5H3. The van der Waals surface area contributed by atoms with Gasteiger partial charge in [0, 0.05) is 32.3 Å². The first-order valence-corrected chi connectivity index (χ1v) is 8.07. The second-order valence-electron chi connectivity index (χ2n) is 6.60. The average molecular weight is 270 g/mol. The first-order valence-electron chi connectivity index (χ1n) is 8.07. The molecule has 3 nitrogen and oxygen atoms in total. The van der Waals surface area contributed by atoms with Crippen molar-refractivity contribution >= 4 is 0 Å². The zero-order chi connectivity index (χ0) is 14.3. The zero-order valence-corrected chi connectivity index (χ0v) is 13.7. The van der Waals surface area contributed by atoms with Gasteiger partial charge in [-0.15, -0.1) is 0 Å². The molecule has 1 atom stereocenters. The van der Waals surface area contributed by atoms with E-state index >= 15 is 0 Å². The van der Waals surface area contributed by atoms with Gasteiger partial charge in [-0.1, -0.05) is 20.8 Å². The summed E-state index contributed by atoms with van der Waals surface area (Å²) in [5, 5.41) is 3.64. The lowest BCUT2D eigenvalue weighted by Gasteiger charge is -2.40. The Bertz CT molecular complexity index is 235. The van der Waals surface area contributed by atoms with Gasteiger partial charge in [0.25, 0.3) is 0 Å². The number of ether oxygens (including phenoxy) is 1. The van der Waals surface area contributed by atoms with E-state index in [0.29, 0.717) is 17.6 Å². The maximum absolute atomic E-state index is 5.72. The van der Waals surface area contributed by atoms with Crippen molar-refractivity contribution in [2.45, 2.75) is 66.0 Å². The van der Waals surface area contributed by atoms with E-state index in [-0.39, 0.29) is 0 Å². The van der Waals surface area contributed by atoms with Crippen LogP contribution in [0.3, 0.4) is 0 Å². The molecule has 0 aliphatic carbocycles. The van der Waals surface area contributed by atoms with Gasteiger partial charge in [-0.2, -0.15) is 0 Å². The van der Waals surface area contributed by atoms with Crippen LogP contribution in [0.15, 0.2) is 0 Å². The predicted molar refractivity (Wildman–Crippen MR) is 82.6 cm³/mol. The highest BCUT2D eigenvalue weighted by Crippen LogP contribution is 2.24. The Hall–Kier alpha value is -0.120. The molecule has 0 aromatic carbocycles. The fraction of sp³-hybridized carbons (Fsp3) is 1.00. The minimum Gasteiger partial charge on any atom is -0.378 e. The summed E-state index contributed by atoms with van der Waals surface area (Å²) in [5.74, 6) is 0. The summed E-state index contributed by atoms with van der Waals surface area (Å²) in [6.07, 6.45) is 4.10. The van der Waals surface area contributed by atoms with E-state index < -0.39 is 0 Å². The summed E-state index contributed by atoms with van der Waals surface area (Å²) in [5.41, 5.74) is 0.327. The molecule has 1 fully saturated rings. The van der Waals surface area contributed by atoms with E-state index in [2.05, 4.69) is 44.8 Å². The fourth-order valence-corrected chi connectivity index (χ4v) is 2.82. The van der Waals surface area contributed by atoms with Crippen molar-refractivity contribution in [3.05, 3.63) is 0 Å². The molecule has 0 aromatic rings. The Morgan fingerprint density at radius 3 is 2.42 bits per heavy atom. The lowest BCUT2D eigenvalue weighted by atomic mass is 9.84. The summed E-state index contributed by atoms with van der Waals surface area (Å²) in [4.78, 5) is 2.61. The van der Waals surface area contributed by atoms with E-state index in [0.717, 1.165) is 13.2 Å². The molecule has 114 valence electrons. The van der Waals surface area contributed by atoms with Gasteiger partial charge < -0.3 is 15.0 Å². The lowest BCUT2D eigenvalue weighted by Crippen LogP contribution is -2.49. The SMILES string of the molecule is CCCNC(C)C(C)(C)CN1CCC(OCC)CC1. The number of hydrogen-bond donors (Lipinski definition) is 1. The smallest absolute Gasteiger partial charge is 0.0599 e. The highest BCUT2D eigenvalue weighted by atomic mass is 16.5. The number of likely N-dealkylation sites (tertiary alicyclic amines) is 1. The molecule has 0 radical (unpaired) electrons. The average Bonchev–Trinajstić information content (AvgIpc) is 2.38. The van der Waals surface area contributed by atoms with Crippen LogP contribution in [0.25, 0.3) is 0 Å². The van der Waals surface area contributed by atoms with Gasteiger partial charge in [-0.05, 0) is 45.1 Å². The van der Waals surface area contributed by atoms with Crippen LogP contribution in [0.4, 0.5) is 0 Å². The van der Waals surface area contributed by atoms with Gasteiger partial charge in [0.15, 0.2) is 0 Å². The Labute approximate surface area is 120 Å². The third-order valence-electron chi connectivity index (χ3n) is 4.44. The number of nitrogens with one attached hydrogen (secondary N) is 1. The first kappa shape index (κ1) is 16.9. The Morgan fingerprint density at radius 1 is 1.26 bits per heavy atom. The molecular weight excluding hydrogens is 236 g/mol. The van der Waals surface area contributed by atoms with Gasteiger partial charge in [-0.3, -0.25) is 0 Å². The number of piperidine rings is 1. The summed E-state index contributed by atoms with van der Waals surface area (Å²) in [6, 6.07) is 0.567. The molecule has 1 N–H and O–H groups in total. The topological polar surface area (TPSA) is 24.5 Å². The molecular formula is C16H34N2O. The van der Waals surface area contributed by atoms with Crippen LogP contribution in [0.1, 0.15) is 53.9 Å². The molecule has 1 rings (SSSR count). The highest BCUT2D eigenvalue weighted by molar-refractivity contribution is 4.85. The van der Waals surface area contributed by atoms with Crippen LogP contribution in [0, 0.1) is 5.41 Å². The number of hydrogen-bond acceptors (Lipinski definition) is 3. The van der Waals surface area contributed by atoms with Crippen molar-refractivity contribution in [3.63, 3.8) is 0 Å². The van der Waals surface area contributed by atoms with Crippen molar-refractivity contribution in [1.82, 2.24) is 10.2 Å². The summed E-state index contributed by atoms with van der Waals surface area (Å²) < 4.78 is 5.72. The Balaban J connectivity index is 2.33. The molecule has 1 aliphatic rings. The van der Waals surface area contributed by atoms with E-state index in [9.17, 15) is 0 Å². The quantitative estimate of drug-likeness (QED) is 0.734. The largest absolute Gasteiger partial charge is 0.378 e. The Kier molecular flexibility index (Phi) is 7.33. The summed E-state index contributed by atoms with van der Waals surface area (Å²) >= 11 is 0. The first-order chi connectivity index (χ1) is 8.99. The monoisotopic (exact) mass is 270 g/mol. The van der Waals surface area contributed by atoms with Crippen molar-refractivity contribution in [2.24, 2.45) is 5.41 Å². The van der Waals surface area contributed by atoms with Crippen molar-refractivity contribution < 1.29 is 4.74 Å². The fourth-order valence-electron chi connectivity index (χ4n) is 2.82. The molecule has 1 heterocycles. The maximum Gasteiger partial charge on any atom is 0.0599 e. The second-order valence-corrected chi connectivity index (χ2v) is 6.60. The minimum absolute atomic E-state index is 0.327. The molecule has 0 saturated carbocycles. The van der Waals surface area contributed by atoms with Gasteiger partial charge in [-0.25, -0.2) is 0 Å². The summed E-state index contributed by atoms with van der Waals surface area (Å²) in [6.45, 7) is 17.0. The molecule has 0 spiro atoms. The van der Waals surface area contributed by atoms with Crippen LogP contribution in [-0.4, -0.2) is 49.8 Å². The van der Waals surface area contributed by atoms with Gasteiger partial charge in [0.2, 0.25) is 0 Å². The summed E-state index contributed by atoms with van der Waals surface area (Å²) in [7, 11) is 0. The normalized spacial score (nSPS) is 20.7. The molecule has 3 heteroatoms. The van der Waals surface area contributed by atoms with Crippen LogP contribution in [0.2, 0.25) is 0 Å². The molecule has 0 bridgehead atoms. The molecule has 1 saturated heterocycles. The van der Waals surface area contributed by atoms with Gasteiger partial charge >= 0.3 is 0 Å². The van der Waals surface area contributed by atoms with Gasteiger partial charge in [0.05, 0.1) is 6.10 Å². The van der Waals surface area contributed by atoms with Crippen LogP contribution in [0.5, 0.6) is 0 Å². The van der Waals surface area contributed by atoms with Crippen molar-refractivity contribution in [2.75, 3.05) is 32.8 Å². The highest BCUT2D eigenvalue weighted by Gasteiger charge is 2.29. The molecule has 1 aliphatic heterocycles. The van der Waals surface area contributed by atoms with Gasteiger partial charge in [0.1, 0.15) is 0 Å².